The Morgan fingerprint density at radius 1 is 0.765 bits per heavy atom. The summed E-state index contributed by atoms with van der Waals surface area (Å²) in [6, 6.07) is 21.0. The first-order chi connectivity index (χ1) is 16.6. The minimum atomic E-state index is -0.583. The highest BCUT2D eigenvalue weighted by Crippen LogP contribution is 2.32. The summed E-state index contributed by atoms with van der Waals surface area (Å²) in [5.74, 6) is 1.75. The number of methoxy groups -OCH3 is 2. The standard InChI is InChI=1S/C27H20O7/c1-30-18-8-6-16(7-9-18)15-32-19-10-11-20-21(14-25(28)33-24(20)13-19)22-12-17-4-3-5-23(31-2)26(17)34-27(22)29/h3-14H,15H2,1-2H3. The summed E-state index contributed by atoms with van der Waals surface area (Å²) in [7, 11) is 3.12. The molecule has 0 aliphatic rings. The van der Waals surface area contributed by atoms with Gasteiger partial charge in [0.05, 0.1) is 19.8 Å². The van der Waals surface area contributed by atoms with Gasteiger partial charge in [-0.05, 0) is 42.0 Å². The lowest BCUT2D eigenvalue weighted by Crippen LogP contribution is -2.07. The summed E-state index contributed by atoms with van der Waals surface area (Å²) in [6.07, 6.45) is 0. The highest BCUT2D eigenvalue weighted by Gasteiger charge is 2.16. The molecule has 0 aliphatic heterocycles. The van der Waals surface area contributed by atoms with Gasteiger partial charge in [0.15, 0.2) is 11.3 Å². The first-order valence-corrected chi connectivity index (χ1v) is 10.5. The second kappa shape index (κ2) is 8.78. The number of rotatable bonds is 6. The van der Waals surface area contributed by atoms with Gasteiger partial charge < -0.3 is 23.0 Å². The highest BCUT2D eigenvalue weighted by atomic mass is 16.5. The summed E-state index contributed by atoms with van der Waals surface area (Å²) in [5.41, 5.74) is 1.13. The summed E-state index contributed by atoms with van der Waals surface area (Å²) < 4.78 is 27.3. The minimum absolute atomic E-state index is 0.255. The molecule has 0 radical (unpaired) electrons. The predicted octanol–water partition coefficient (Wildman–Crippen LogP) is 5.16. The van der Waals surface area contributed by atoms with Crippen LogP contribution in [-0.2, 0) is 6.61 Å². The van der Waals surface area contributed by atoms with Crippen LogP contribution >= 0.6 is 0 Å². The smallest absolute Gasteiger partial charge is 0.344 e. The van der Waals surface area contributed by atoms with Crippen molar-refractivity contribution in [2.24, 2.45) is 0 Å². The molecule has 0 amide bonds. The Morgan fingerprint density at radius 2 is 1.56 bits per heavy atom. The quantitative estimate of drug-likeness (QED) is 0.326. The van der Waals surface area contributed by atoms with Gasteiger partial charge in [-0.15, -0.1) is 0 Å². The SMILES string of the molecule is COc1ccc(COc2ccc3c(-c4cc5cccc(OC)c5oc4=O)cc(=O)oc3c2)cc1. The van der Waals surface area contributed by atoms with E-state index in [0.717, 1.165) is 11.3 Å². The molecule has 170 valence electrons. The maximum Gasteiger partial charge on any atom is 0.344 e. The van der Waals surface area contributed by atoms with Gasteiger partial charge in [0.2, 0.25) is 0 Å². The molecule has 0 N–H and O–H groups in total. The highest BCUT2D eigenvalue weighted by molar-refractivity contribution is 5.96. The van der Waals surface area contributed by atoms with Crippen molar-refractivity contribution in [1.82, 2.24) is 0 Å². The molecule has 0 spiro atoms. The van der Waals surface area contributed by atoms with Crippen molar-refractivity contribution in [3.8, 4) is 28.4 Å². The Hall–Kier alpha value is -4.52. The number of fused-ring (bicyclic) bond motifs is 2. The van der Waals surface area contributed by atoms with Gasteiger partial charge in [0.1, 0.15) is 23.7 Å². The second-order valence-corrected chi connectivity index (χ2v) is 7.60. The molecule has 0 fully saturated rings. The van der Waals surface area contributed by atoms with E-state index in [1.54, 1.807) is 43.5 Å². The molecule has 0 aliphatic carbocycles. The van der Waals surface area contributed by atoms with Crippen LogP contribution in [0.1, 0.15) is 5.56 Å². The molecule has 7 heteroatoms. The normalized spacial score (nSPS) is 11.0. The van der Waals surface area contributed by atoms with E-state index in [1.807, 2.05) is 30.3 Å². The third-order valence-corrected chi connectivity index (χ3v) is 5.51. The summed E-state index contributed by atoms with van der Waals surface area (Å²) in [5, 5.41) is 1.26. The molecule has 0 atom stereocenters. The molecule has 0 unspecified atom stereocenters. The van der Waals surface area contributed by atoms with Crippen LogP contribution in [0.25, 0.3) is 33.1 Å². The monoisotopic (exact) mass is 456 g/mol. The topological polar surface area (TPSA) is 88.1 Å². The maximum atomic E-state index is 12.8. The lowest BCUT2D eigenvalue weighted by molar-refractivity contribution is 0.306. The Balaban J connectivity index is 1.53. The molecular formula is C27H20O7. The van der Waals surface area contributed by atoms with Crippen LogP contribution in [0.3, 0.4) is 0 Å². The van der Waals surface area contributed by atoms with E-state index in [-0.39, 0.29) is 5.56 Å². The minimum Gasteiger partial charge on any atom is -0.497 e. The van der Waals surface area contributed by atoms with E-state index in [9.17, 15) is 9.59 Å². The first-order valence-electron chi connectivity index (χ1n) is 10.5. The molecule has 0 saturated carbocycles. The average Bonchev–Trinajstić information content (AvgIpc) is 2.86. The van der Waals surface area contributed by atoms with Crippen molar-refractivity contribution in [2.75, 3.05) is 14.2 Å². The average molecular weight is 456 g/mol. The van der Waals surface area contributed by atoms with Gasteiger partial charge in [-0.1, -0.05) is 24.3 Å². The number of hydrogen-bond acceptors (Lipinski definition) is 7. The van der Waals surface area contributed by atoms with Crippen molar-refractivity contribution in [2.45, 2.75) is 6.61 Å². The Labute approximate surface area is 193 Å². The number of ether oxygens (including phenoxy) is 3. The summed E-state index contributed by atoms with van der Waals surface area (Å²) in [4.78, 5) is 25.2. The zero-order chi connectivity index (χ0) is 23.7. The van der Waals surface area contributed by atoms with E-state index >= 15 is 0 Å². The maximum absolute atomic E-state index is 12.8. The van der Waals surface area contributed by atoms with Gasteiger partial charge >= 0.3 is 11.3 Å². The molecule has 5 rings (SSSR count). The van der Waals surface area contributed by atoms with Gasteiger partial charge in [-0.3, -0.25) is 0 Å². The fourth-order valence-electron chi connectivity index (χ4n) is 3.81. The summed E-state index contributed by atoms with van der Waals surface area (Å²) in [6.45, 7) is 0.329. The Morgan fingerprint density at radius 3 is 2.32 bits per heavy atom. The van der Waals surface area contributed by atoms with Crippen LogP contribution in [-0.4, -0.2) is 14.2 Å². The van der Waals surface area contributed by atoms with Crippen LogP contribution in [0.5, 0.6) is 17.2 Å². The second-order valence-electron chi connectivity index (χ2n) is 7.60. The molecule has 0 saturated heterocycles. The fraction of sp³-hybridized carbons (Fsp3) is 0.111. The lowest BCUT2D eigenvalue weighted by atomic mass is 10.0. The predicted molar refractivity (Wildman–Crippen MR) is 128 cm³/mol. The number of para-hydroxylation sites is 1. The largest absolute Gasteiger partial charge is 0.497 e. The van der Waals surface area contributed by atoms with Gasteiger partial charge in [-0.25, -0.2) is 9.59 Å². The van der Waals surface area contributed by atoms with Crippen molar-refractivity contribution >= 4 is 21.9 Å². The van der Waals surface area contributed by atoms with Crippen LogP contribution in [0.15, 0.2) is 91.2 Å². The third kappa shape index (κ3) is 3.99. The molecule has 2 heterocycles. The zero-order valence-electron chi connectivity index (χ0n) is 18.5. The molecule has 5 aromatic rings. The summed E-state index contributed by atoms with van der Waals surface area (Å²) >= 11 is 0. The Bertz CT molecular complexity index is 1610. The molecular weight excluding hydrogens is 436 g/mol. The van der Waals surface area contributed by atoms with Crippen molar-refractivity contribution in [3.05, 3.63) is 99.2 Å². The Kier molecular flexibility index (Phi) is 5.51. The number of benzene rings is 3. The van der Waals surface area contributed by atoms with Gasteiger partial charge in [0.25, 0.3) is 0 Å². The van der Waals surface area contributed by atoms with Crippen molar-refractivity contribution in [1.29, 1.82) is 0 Å². The first kappa shape index (κ1) is 21.3. The molecule has 0 bridgehead atoms. The van der Waals surface area contributed by atoms with E-state index in [0.29, 0.717) is 45.6 Å². The molecule has 2 aromatic heterocycles. The van der Waals surface area contributed by atoms with Gasteiger partial charge in [-0.2, -0.15) is 0 Å². The lowest BCUT2D eigenvalue weighted by Gasteiger charge is -2.10. The van der Waals surface area contributed by atoms with Crippen LogP contribution in [0.4, 0.5) is 0 Å². The van der Waals surface area contributed by atoms with E-state index in [2.05, 4.69) is 0 Å². The van der Waals surface area contributed by atoms with Gasteiger partial charge in [0, 0.05) is 28.5 Å². The fourth-order valence-corrected chi connectivity index (χ4v) is 3.81. The zero-order valence-corrected chi connectivity index (χ0v) is 18.5. The van der Waals surface area contributed by atoms with Crippen LogP contribution < -0.4 is 25.5 Å². The van der Waals surface area contributed by atoms with E-state index < -0.39 is 11.3 Å². The van der Waals surface area contributed by atoms with E-state index in [4.69, 9.17) is 23.0 Å². The van der Waals surface area contributed by atoms with Crippen molar-refractivity contribution in [3.63, 3.8) is 0 Å². The van der Waals surface area contributed by atoms with Crippen molar-refractivity contribution < 1.29 is 23.0 Å². The van der Waals surface area contributed by atoms with Crippen LogP contribution in [0, 0.1) is 0 Å². The van der Waals surface area contributed by atoms with Crippen LogP contribution in [0.2, 0.25) is 0 Å². The number of hydrogen-bond donors (Lipinski definition) is 0. The van der Waals surface area contributed by atoms with E-state index in [1.165, 1.54) is 13.2 Å². The molecule has 3 aromatic carbocycles. The molecule has 7 nitrogen and oxygen atoms in total. The molecule has 34 heavy (non-hydrogen) atoms. The third-order valence-electron chi connectivity index (χ3n) is 5.51.